The van der Waals surface area contributed by atoms with E-state index in [-0.39, 0.29) is 17.7 Å². The Morgan fingerprint density at radius 1 is 0.929 bits per heavy atom. The van der Waals surface area contributed by atoms with Crippen LogP contribution in [0.3, 0.4) is 0 Å². The lowest BCUT2D eigenvalue weighted by Crippen LogP contribution is -2.54. The van der Waals surface area contributed by atoms with Crippen LogP contribution >= 0.6 is 0 Å². The summed E-state index contributed by atoms with van der Waals surface area (Å²) in [5.41, 5.74) is 0. The Hall–Kier alpha value is -0.160. The molecule has 0 aromatic rings. The van der Waals surface area contributed by atoms with Gasteiger partial charge in [0.15, 0.2) is 0 Å². The molecule has 0 aliphatic rings. The summed E-state index contributed by atoms with van der Waals surface area (Å²) in [6.07, 6.45) is -0.586. The molecular formula is C10H25NO3. The highest BCUT2D eigenvalue weighted by atomic mass is 16.3. The standard InChI is InChI=1S/C10H24NO2.H2O/c1-5-11(6-2,7-9(3)12)8-10(4)13;/h9-10,12-13H,5-8H2,1-4H3;1H2/q+1;/p-1. The Morgan fingerprint density at radius 2 is 1.21 bits per heavy atom. The maximum atomic E-state index is 9.37. The zero-order valence-electron chi connectivity index (χ0n) is 9.77. The number of quaternary nitrogens is 1. The average Bonchev–Trinajstić information content (AvgIpc) is 2.01. The van der Waals surface area contributed by atoms with Crippen molar-refractivity contribution in [1.82, 2.24) is 0 Å². The van der Waals surface area contributed by atoms with Gasteiger partial charge in [-0.25, -0.2) is 0 Å². The quantitative estimate of drug-likeness (QED) is 0.620. The molecule has 0 bridgehead atoms. The van der Waals surface area contributed by atoms with Crippen LogP contribution in [-0.4, -0.2) is 58.6 Å². The van der Waals surface area contributed by atoms with Crippen molar-refractivity contribution in [2.45, 2.75) is 39.9 Å². The second kappa shape index (κ2) is 7.17. The average molecular weight is 207 g/mol. The maximum absolute atomic E-state index is 9.37. The van der Waals surface area contributed by atoms with Crippen molar-refractivity contribution in [3.05, 3.63) is 0 Å². The van der Waals surface area contributed by atoms with E-state index in [1.54, 1.807) is 13.8 Å². The molecule has 0 saturated heterocycles. The van der Waals surface area contributed by atoms with E-state index in [4.69, 9.17) is 0 Å². The number of likely N-dealkylation sites (N-methyl/N-ethyl adjacent to an activating group) is 1. The number of hydrogen-bond acceptors (Lipinski definition) is 3. The molecule has 0 amide bonds. The molecule has 4 nitrogen and oxygen atoms in total. The maximum Gasteiger partial charge on any atom is 0.105 e. The molecule has 0 aliphatic carbocycles. The number of nitrogens with zero attached hydrogens (tertiary/aromatic N) is 1. The molecule has 0 radical (unpaired) electrons. The first-order valence-electron chi connectivity index (χ1n) is 5.17. The fraction of sp³-hybridized carbons (Fsp3) is 1.00. The van der Waals surface area contributed by atoms with Crippen molar-refractivity contribution in [1.29, 1.82) is 0 Å². The van der Waals surface area contributed by atoms with Crippen molar-refractivity contribution in [2.24, 2.45) is 0 Å². The summed E-state index contributed by atoms with van der Waals surface area (Å²) in [7, 11) is 0. The summed E-state index contributed by atoms with van der Waals surface area (Å²) in [6, 6.07) is 0. The van der Waals surface area contributed by atoms with E-state index < -0.39 is 0 Å². The molecule has 0 fully saturated rings. The fourth-order valence-corrected chi connectivity index (χ4v) is 1.94. The monoisotopic (exact) mass is 207 g/mol. The van der Waals surface area contributed by atoms with Gasteiger partial charge >= 0.3 is 0 Å². The van der Waals surface area contributed by atoms with E-state index in [1.165, 1.54) is 0 Å². The topological polar surface area (TPSA) is 70.5 Å². The lowest BCUT2D eigenvalue weighted by Gasteiger charge is -2.38. The van der Waals surface area contributed by atoms with Crippen LogP contribution in [0.1, 0.15) is 27.7 Å². The highest BCUT2D eigenvalue weighted by Crippen LogP contribution is 2.09. The Morgan fingerprint density at radius 3 is 1.36 bits per heavy atom. The lowest BCUT2D eigenvalue weighted by atomic mass is 10.2. The Labute approximate surface area is 87.1 Å². The summed E-state index contributed by atoms with van der Waals surface area (Å²) >= 11 is 0. The molecular weight excluding hydrogens is 182 g/mol. The van der Waals surface area contributed by atoms with Crippen molar-refractivity contribution in [2.75, 3.05) is 26.2 Å². The SMILES string of the molecule is CC[N+](CC)(CC(C)O)CC(C)O.[OH-]. The van der Waals surface area contributed by atoms with E-state index in [0.717, 1.165) is 30.7 Å². The molecule has 2 atom stereocenters. The lowest BCUT2D eigenvalue weighted by molar-refractivity contribution is -0.930. The van der Waals surface area contributed by atoms with Gasteiger partial charge in [0.25, 0.3) is 0 Å². The molecule has 2 unspecified atom stereocenters. The minimum absolute atomic E-state index is 0. The molecule has 0 rings (SSSR count). The van der Waals surface area contributed by atoms with Crippen LogP contribution in [0.4, 0.5) is 0 Å². The van der Waals surface area contributed by atoms with Crippen LogP contribution in [0.15, 0.2) is 0 Å². The predicted molar refractivity (Wildman–Crippen MR) is 56.4 cm³/mol. The van der Waals surface area contributed by atoms with Crippen molar-refractivity contribution in [3.8, 4) is 0 Å². The van der Waals surface area contributed by atoms with Crippen LogP contribution in [0.25, 0.3) is 0 Å². The zero-order valence-corrected chi connectivity index (χ0v) is 9.77. The fourth-order valence-electron chi connectivity index (χ4n) is 1.94. The molecule has 88 valence electrons. The minimum Gasteiger partial charge on any atom is -0.870 e. The van der Waals surface area contributed by atoms with Gasteiger partial charge in [-0.15, -0.1) is 0 Å². The summed E-state index contributed by atoms with van der Waals surface area (Å²) in [5, 5.41) is 18.7. The van der Waals surface area contributed by atoms with E-state index in [2.05, 4.69) is 13.8 Å². The third kappa shape index (κ3) is 5.54. The Bertz CT molecular complexity index is 121. The van der Waals surface area contributed by atoms with E-state index in [1.807, 2.05) is 0 Å². The van der Waals surface area contributed by atoms with Gasteiger partial charge < -0.3 is 20.2 Å². The van der Waals surface area contributed by atoms with Crippen LogP contribution in [-0.2, 0) is 0 Å². The molecule has 0 saturated carbocycles. The summed E-state index contributed by atoms with van der Waals surface area (Å²) in [4.78, 5) is 0. The molecule has 4 heteroatoms. The smallest absolute Gasteiger partial charge is 0.105 e. The van der Waals surface area contributed by atoms with Gasteiger partial charge in [0.05, 0.1) is 13.1 Å². The first-order chi connectivity index (χ1) is 5.95. The molecule has 0 spiro atoms. The molecule has 14 heavy (non-hydrogen) atoms. The highest BCUT2D eigenvalue weighted by Gasteiger charge is 2.26. The molecule has 3 N–H and O–H groups in total. The molecule has 0 heterocycles. The first-order valence-corrected chi connectivity index (χ1v) is 5.17. The number of aliphatic hydroxyl groups is 2. The van der Waals surface area contributed by atoms with Crippen LogP contribution in [0.2, 0.25) is 0 Å². The van der Waals surface area contributed by atoms with Crippen LogP contribution < -0.4 is 0 Å². The van der Waals surface area contributed by atoms with E-state index in [0.29, 0.717) is 0 Å². The van der Waals surface area contributed by atoms with E-state index in [9.17, 15) is 10.2 Å². The van der Waals surface area contributed by atoms with Gasteiger partial charge in [-0.2, -0.15) is 0 Å². The van der Waals surface area contributed by atoms with Gasteiger partial charge in [-0.3, -0.25) is 0 Å². The predicted octanol–water partition coefficient (Wildman–Crippen LogP) is 0.428. The van der Waals surface area contributed by atoms with Gasteiger partial charge in [0, 0.05) is 0 Å². The minimum atomic E-state index is -0.293. The zero-order chi connectivity index (χ0) is 10.5. The highest BCUT2D eigenvalue weighted by molar-refractivity contribution is 4.51. The van der Waals surface area contributed by atoms with Crippen molar-refractivity contribution >= 4 is 0 Å². The second-order valence-corrected chi connectivity index (χ2v) is 4.04. The largest absolute Gasteiger partial charge is 0.870 e. The first kappa shape index (κ1) is 16.3. The summed E-state index contributed by atoms with van der Waals surface area (Å²) in [5.74, 6) is 0. The van der Waals surface area contributed by atoms with Gasteiger partial charge in [0.1, 0.15) is 25.3 Å². The molecule has 0 aromatic carbocycles. The van der Waals surface area contributed by atoms with Crippen molar-refractivity contribution in [3.63, 3.8) is 0 Å². The third-order valence-corrected chi connectivity index (χ3v) is 2.64. The molecule has 0 aliphatic heterocycles. The third-order valence-electron chi connectivity index (χ3n) is 2.64. The van der Waals surface area contributed by atoms with Gasteiger partial charge in [-0.1, -0.05) is 0 Å². The molecule has 0 aromatic heterocycles. The number of hydrogen-bond donors (Lipinski definition) is 2. The summed E-state index contributed by atoms with van der Waals surface area (Å²) in [6.45, 7) is 11.2. The Kier molecular flexibility index (Phi) is 8.34. The normalized spacial score (nSPS) is 15.9. The number of rotatable bonds is 6. The van der Waals surface area contributed by atoms with E-state index >= 15 is 0 Å². The van der Waals surface area contributed by atoms with Crippen LogP contribution in [0, 0.1) is 0 Å². The number of aliphatic hydroxyl groups excluding tert-OH is 2. The second-order valence-electron chi connectivity index (χ2n) is 4.04. The van der Waals surface area contributed by atoms with Crippen LogP contribution in [0.5, 0.6) is 0 Å². The van der Waals surface area contributed by atoms with Gasteiger partial charge in [0.2, 0.25) is 0 Å². The van der Waals surface area contributed by atoms with Crippen molar-refractivity contribution < 1.29 is 20.2 Å². The summed E-state index contributed by atoms with van der Waals surface area (Å²) < 4.78 is 0.801. The Balaban J connectivity index is 0. The van der Waals surface area contributed by atoms with Gasteiger partial charge in [-0.05, 0) is 27.7 Å².